The molecule has 1 N–H and O–H groups in total. The van der Waals surface area contributed by atoms with Gasteiger partial charge in [0.25, 0.3) is 0 Å². The van der Waals surface area contributed by atoms with Crippen LogP contribution in [0.1, 0.15) is 25.0 Å². The van der Waals surface area contributed by atoms with Crippen molar-refractivity contribution in [3.63, 3.8) is 0 Å². The first-order valence-corrected chi connectivity index (χ1v) is 5.29. The number of aromatic nitrogens is 2. The molecule has 1 aliphatic carbocycles. The van der Waals surface area contributed by atoms with Crippen LogP contribution in [0.4, 0.5) is 0 Å². The van der Waals surface area contributed by atoms with Crippen molar-refractivity contribution in [2.45, 2.75) is 24.7 Å². The zero-order chi connectivity index (χ0) is 9.43. The lowest BCUT2D eigenvalue weighted by atomic mass is 9.79. The maximum absolute atomic E-state index is 4.30. The van der Waals surface area contributed by atoms with Crippen LogP contribution in [-0.2, 0) is 5.41 Å². The third-order valence-corrected chi connectivity index (χ3v) is 3.69. The second-order valence-corrected chi connectivity index (χ2v) is 4.56. The van der Waals surface area contributed by atoms with Crippen LogP contribution >= 0.6 is 0 Å². The van der Waals surface area contributed by atoms with E-state index in [0.717, 1.165) is 12.5 Å². The number of rotatable bonds is 1. The molecule has 3 rings (SSSR count). The minimum atomic E-state index is 0.294. The monoisotopic (exact) mass is 188 g/mol. The van der Waals surface area contributed by atoms with Crippen molar-refractivity contribution in [1.82, 2.24) is 15.3 Å². The molecule has 3 nitrogen and oxygen atoms in total. The molecule has 2 heterocycles. The lowest BCUT2D eigenvalue weighted by molar-refractivity contribution is 0.320. The molecule has 1 aromatic heterocycles. The molecule has 2 fully saturated rings. The summed E-state index contributed by atoms with van der Waals surface area (Å²) in [5.41, 5.74) is 1.48. The van der Waals surface area contributed by atoms with Crippen molar-refractivity contribution in [3.8, 4) is 0 Å². The van der Waals surface area contributed by atoms with Crippen LogP contribution in [-0.4, -0.2) is 23.1 Å². The first kappa shape index (κ1) is 8.36. The van der Waals surface area contributed by atoms with E-state index in [1.165, 1.54) is 31.5 Å². The fourth-order valence-corrected chi connectivity index (χ4v) is 2.97. The number of nitrogens with one attached hydrogen (secondary N) is 1. The Hall–Kier alpha value is -0.960. The number of fused-ring (bicyclic) bond motifs is 2. The smallest absolute Gasteiger partial charge is 0.197 e. The van der Waals surface area contributed by atoms with E-state index in [0.29, 0.717) is 5.41 Å². The molecule has 2 bridgehead atoms. The van der Waals surface area contributed by atoms with Gasteiger partial charge in [-0.05, 0) is 37.8 Å². The highest BCUT2D eigenvalue weighted by Gasteiger charge is 2.44. The van der Waals surface area contributed by atoms with E-state index >= 15 is 0 Å². The van der Waals surface area contributed by atoms with Gasteiger partial charge in [-0.1, -0.05) is 0 Å². The van der Waals surface area contributed by atoms with Crippen molar-refractivity contribution in [3.05, 3.63) is 24.3 Å². The summed E-state index contributed by atoms with van der Waals surface area (Å²) < 4.78 is 0. The predicted octanol–water partition coefficient (Wildman–Crippen LogP) is 0.918. The highest BCUT2D eigenvalue weighted by molar-refractivity contribution is 5.20. The fraction of sp³-hybridized carbons (Fsp3) is 0.636. The van der Waals surface area contributed by atoms with Crippen LogP contribution in [0.25, 0.3) is 0 Å². The molecule has 3 heteroatoms. The van der Waals surface area contributed by atoms with Gasteiger partial charge in [0.1, 0.15) is 0 Å². The normalized spacial score (nSPS) is 35.9. The van der Waals surface area contributed by atoms with E-state index < -0.39 is 0 Å². The Morgan fingerprint density at radius 1 is 1.57 bits per heavy atom. The molecule has 0 amide bonds. The summed E-state index contributed by atoms with van der Waals surface area (Å²) in [6.07, 6.45) is 8.43. The van der Waals surface area contributed by atoms with Crippen LogP contribution in [0.3, 0.4) is 0 Å². The van der Waals surface area contributed by atoms with E-state index in [1.54, 1.807) is 6.20 Å². The first-order chi connectivity index (χ1) is 6.89. The fourth-order valence-electron chi connectivity index (χ4n) is 2.97. The van der Waals surface area contributed by atoms with Crippen molar-refractivity contribution in [1.29, 1.82) is 0 Å². The van der Waals surface area contributed by atoms with Gasteiger partial charge < -0.3 is 5.32 Å². The molecule has 73 valence electrons. The van der Waals surface area contributed by atoms with Crippen LogP contribution in [0, 0.1) is 12.2 Å². The van der Waals surface area contributed by atoms with Crippen LogP contribution in [0.15, 0.2) is 12.3 Å². The van der Waals surface area contributed by atoms with E-state index in [1.807, 2.05) is 6.07 Å². The first-order valence-electron chi connectivity index (χ1n) is 5.29. The summed E-state index contributed by atoms with van der Waals surface area (Å²) in [6.45, 7) is 2.27. The minimum Gasteiger partial charge on any atom is -0.316 e. The molecule has 1 saturated heterocycles. The van der Waals surface area contributed by atoms with E-state index in [4.69, 9.17) is 0 Å². The van der Waals surface area contributed by atoms with E-state index in [2.05, 4.69) is 21.6 Å². The summed E-state index contributed by atoms with van der Waals surface area (Å²) in [5.74, 6) is 0.860. The molecule has 1 saturated carbocycles. The Balaban J connectivity index is 1.97. The summed E-state index contributed by atoms with van der Waals surface area (Å²) in [7, 11) is 0. The molecule has 2 unspecified atom stereocenters. The van der Waals surface area contributed by atoms with Crippen LogP contribution < -0.4 is 5.32 Å². The molecule has 14 heavy (non-hydrogen) atoms. The van der Waals surface area contributed by atoms with Gasteiger partial charge in [0.2, 0.25) is 0 Å². The number of hydrogen-bond acceptors (Lipinski definition) is 3. The van der Waals surface area contributed by atoms with Gasteiger partial charge in [0, 0.05) is 18.2 Å². The Bertz CT molecular complexity index is 321. The minimum absolute atomic E-state index is 0.294. The Kier molecular flexibility index (Phi) is 1.80. The van der Waals surface area contributed by atoms with Gasteiger partial charge in [-0.15, -0.1) is 0 Å². The standard InChI is InChI=1S/C11H14N3/c1-3-11(5-9(1)6-13-7-11)10-2-4-12-8-14-10/h2,4,9,13H,1,3,5-7H2. The zero-order valence-electron chi connectivity index (χ0n) is 8.16. The lowest BCUT2D eigenvalue weighted by Crippen LogP contribution is -2.42. The average Bonchev–Trinajstić information content (AvgIpc) is 2.57. The predicted molar refractivity (Wildman–Crippen MR) is 52.8 cm³/mol. The quantitative estimate of drug-likeness (QED) is 0.712. The maximum atomic E-state index is 4.30. The van der Waals surface area contributed by atoms with Crippen molar-refractivity contribution in [2.75, 3.05) is 13.1 Å². The summed E-state index contributed by atoms with van der Waals surface area (Å²) >= 11 is 0. The molecule has 1 aliphatic heterocycles. The number of piperidine rings is 1. The summed E-state index contributed by atoms with van der Waals surface area (Å²) in [4.78, 5) is 8.16. The van der Waals surface area contributed by atoms with Gasteiger partial charge in [-0.2, -0.15) is 0 Å². The molecular weight excluding hydrogens is 174 g/mol. The second-order valence-electron chi connectivity index (χ2n) is 4.56. The van der Waals surface area contributed by atoms with E-state index in [9.17, 15) is 0 Å². The van der Waals surface area contributed by atoms with Crippen molar-refractivity contribution >= 4 is 0 Å². The molecule has 1 radical (unpaired) electrons. The van der Waals surface area contributed by atoms with E-state index in [-0.39, 0.29) is 0 Å². The lowest BCUT2D eigenvalue weighted by Gasteiger charge is -2.32. The van der Waals surface area contributed by atoms with Gasteiger partial charge >= 0.3 is 0 Å². The van der Waals surface area contributed by atoms with Gasteiger partial charge in [0.15, 0.2) is 6.33 Å². The SMILES string of the molecule is [c]1nccc(C23CCC(CNC2)C3)n1. The van der Waals surface area contributed by atoms with Crippen molar-refractivity contribution in [2.24, 2.45) is 5.92 Å². The average molecular weight is 188 g/mol. The summed E-state index contributed by atoms with van der Waals surface area (Å²) in [5, 5.41) is 3.51. The maximum Gasteiger partial charge on any atom is 0.197 e. The van der Waals surface area contributed by atoms with Gasteiger partial charge in [0.05, 0.1) is 5.69 Å². The molecule has 0 aromatic carbocycles. The number of hydrogen-bond donors (Lipinski definition) is 1. The molecular formula is C11H14N3. The summed E-state index contributed by atoms with van der Waals surface area (Å²) in [6, 6.07) is 2.05. The topological polar surface area (TPSA) is 37.8 Å². The third-order valence-electron chi connectivity index (χ3n) is 3.69. The second kappa shape index (κ2) is 3.02. The van der Waals surface area contributed by atoms with Crippen LogP contribution in [0.2, 0.25) is 0 Å². The van der Waals surface area contributed by atoms with Crippen LogP contribution in [0.5, 0.6) is 0 Å². The Morgan fingerprint density at radius 3 is 3.43 bits per heavy atom. The Labute approximate surface area is 84.0 Å². The molecule has 1 aromatic rings. The molecule has 2 atom stereocenters. The number of nitrogens with zero attached hydrogens (tertiary/aromatic N) is 2. The largest absolute Gasteiger partial charge is 0.316 e. The highest BCUT2D eigenvalue weighted by Crippen LogP contribution is 2.44. The van der Waals surface area contributed by atoms with Crippen molar-refractivity contribution < 1.29 is 0 Å². The molecule has 2 aliphatic rings. The van der Waals surface area contributed by atoms with Gasteiger partial charge in [-0.25, -0.2) is 9.97 Å². The Morgan fingerprint density at radius 2 is 2.57 bits per heavy atom. The van der Waals surface area contributed by atoms with Gasteiger partial charge in [-0.3, -0.25) is 0 Å². The zero-order valence-corrected chi connectivity index (χ0v) is 8.16. The molecule has 0 spiro atoms. The third kappa shape index (κ3) is 1.16. The highest BCUT2D eigenvalue weighted by atomic mass is 14.9.